The number of nitrogens with zero attached hydrogens (tertiary/aromatic N) is 3. The maximum absolute atomic E-state index is 5.96. The van der Waals surface area contributed by atoms with Crippen LogP contribution in [0.4, 0.5) is 5.69 Å². The molecule has 3 aromatic rings. The highest BCUT2D eigenvalue weighted by Gasteiger charge is 2.03. The molecule has 0 radical (unpaired) electrons. The maximum atomic E-state index is 5.96. The van der Waals surface area contributed by atoms with Crippen LogP contribution in [0.15, 0.2) is 72.0 Å². The minimum absolute atomic E-state index is 0.421. The lowest BCUT2D eigenvalue weighted by molar-refractivity contribution is 0.716. The Morgan fingerprint density at radius 3 is 2.64 bits per heavy atom. The highest BCUT2D eigenvalue weighted by atomic mass is 15.1. The summed E-state index contributed by atoms with van der Waals surface area (Å²) in [6.45, 7) is 3.46. The van der Waals surface area contributed by atoms with Crippen molar-refractivity contribution < 1.29 is 0 Å². The number of aryl methyl sites for hydroxylation is 1. The molecule has 25 heavy (non-hydrogen) atoms. The zero-order chi connectivity index (χ0) is 17.5. The Labute approximate surface area is 148 Å². The van der Waals surface area contributed by atoms with E-state index in [0.29, 0.717) is 12.5 Å². The molecule has 0 bridgehead atoms. The normalized spacial score (nSPS) is 11.5. The van der Waals surface area contributed by atoms with Crippen molar-refractivity contribution in [3.8, 4) is 0 Å². The van der Waals surface area contributed by atoms with E-state index in [0.717, 1.165) is 24.5 Å². The molecule has 3 rings (SSSR count). The predicted molar refractivity (Wildman–Crippen MR) is 103 cm³/mol. The molecule has 2 aromatic carbocycles. The average Bonchev–Trinajstić information content (AvgIpc) is 3.05. The van der Waals surface area contributed by atoms with Gasteiger partial charge in [0.1, 0.15) is 5.82 Å². The van der Waals surface area contributed by atoms with Crippen molar-refractivity contribution in [2.24, 2.45) is 10.7 Å². The second kappa shape index (κ2) is 8.15. The van der Waals surface area contributed by atoms with E-state index in [1.165, 1.54) is 11.1 Å². The van der Waals surface area contributed by atoms with Crippen molar-refractivity contribution in [3.05, 3.63) is 83.9 Å². The van der Waals surface area contributed by atoms with E-state index in [2.05, 4.69) is 38.9 Å². The highest BCUT2D eigenvalue weighted by Crippen LogP contribution is 2.08. The Balaban J connectivity index is 1.55. The number of nitrogens with two attached hydrogens (primary N) is 1. The molecular weight excluding hydrogens is 310 g/mol. The van der Waals surface area contributed by atoms with Gasteiger partial charge in [-0.3, -0.25) is 4.99 Å². The van der Waals surface area contributed by atoms with Crippen LogP contribution in [0.5, 0.6) is 0 Å². The molecule has 128 valence electrons. The van der Waals surface area contributed by atoms with Gasteiger partial charge in [0.25, 0.3) is 0 Å². The van der Waals surface area contributed by atoms with Gasteiger partial charge in [-0.05, 0) is 24.6 Å². The third-order valence-electron chi connectivity index (χ3n) is 3.94. The van der Waals surface area contributed by atoms with Gasteiger partial charge in [-0.15, -0.1) is 0 Å². The first kappa shape index (κ1) is 16.8. The van der Waals surface area contributed by atoms with Crippen LogP contribution in [0, 0.1) is 6.92 Å². The monoisotopic (exact) mass is 333 g/mol. The molecule has 0 unspecified atom stereocenters. The first-order chi connectivity index (χ1) is 12.2. The van der Waals surface area contributed by atoms with Crippen molar-refractivity contribution in [2.45, 2.75) is 19.9 Å². The topological polar surface area (TPSA) is 68.2 Å². The smallest absolute Gasteiger partial charge is 0.193 e. The number of nitrogens with one attached hydrogen (secondary N) is 1. The van der Waals surface area contributed by atoms with Crippen LogP contribution in [0.2, 0.25) is 0 Å². The summed E-state index contributed by atoms with van der Waals surface area (Å²) in [7, 11) is 0. The maximum Gasteiger partial charge on any atom is 0.193 e. The number of rotatable bonds is 6. The van der Waals surface area contributed by atoms with Gasteiger partial charge in [-0.1, -0.05) is 48.0 Å². The summed E-state index contributed by atoms with van der Waals surface area (Å²) in [5.41, 5.74) is 9.37. The van der Waals surface area contributed by atoms with E-state index in [9.17, 15) is 0 Å². The van der Waals surface area contributed by atoms with Crippen molar-refractivity contribution in [3.63, 3.8) is 0 Å². The molecule has 0 aliphatic rings. The molecule has 0 saturated heterocycles. The molecule has 0 saturated carbocycles. The zero-order valence-electron chi connectivity index (χ0n) is 14.4. The predicted octanol–water partition coefficient (Wildman–Crippen LogP) is 3.21. The van der Waals surface area contributed by atoms with Crippen LogP contribution < -0.4 is 11.1 Å². The van der Waals surface area contributed by atoms with Gasteiger partial charge in [0.2, 0.25) is 0 Å². The van der Waals surface area contributed by atoms with Crippen molar-refractivity contribution in [2.75, 3.05) is 11.9 Å². The average molecular weight is 333 g/mol. The fourth-order valence-electron chi connectivity index (χ4n) is 2.59. The highest BCUT2D eigenvalue weighted by molar-refractivity contribution is 5.92. The van der Waals surface area contributed by atoms with E-state index >= 15 is 0 Å². The molecule has 3 N–H and O–H groups in total. The van der Waals surface area contributed by atoms with E-state index < -0.39 is 0 Å². The van der Waals surface area contributed by atoms with Gasteiger partial charge < -0.3 is 15.6 Å². The van der Waals surface area contributed by atoms with Crippen LogP contribution in [-0.2, 0) is 13.0 Å². The summed E-state index contributed by atoms with van der Waals surface area (Å²) < 4.78 is 2.15. The van der Waals surface area contributed by atoms with E-state index in [4.69, 9.17) is 5.73 Å². The van der Waals surface area contributed by atoms with Gasteiger partial charge in [-0.2, -0.15) is 0 Å². The Morgan fingerprint density at radius 1 is 1.12 bits per heavy atom. The molecule has 0 spiro atoms. The zero-order valence-corrected chi connectivity index (χ0v) is 14.4. The van der Waals surface area contributed by atoms with Crippen LogP contribution in [0.3, 0.4) is 0 Å². The third-order valence-corrected chi connectivity index (χ3v) is 3.94. The number of guanidine groups is 1. The summed E-state index contributed by atoms with van der Waals surface area (Å²) in [6, 6.07) is 18.4. The van der Waals surface area contributed by atoms with Crippen LogP contribution in [0.25, 0.3) is 0 Å². The van der Waals surface area contributed by atoms with E-state index in [1.54, 1.807) is 0 Å². The minimum Gasteiger partial charge on any atom is -0.370 e. The Bertz CT molecular complexity index is 819. The molecule has 0 fully saturated rings. The lowest BCUT2D eigenvalue weighted by Crippen LogP contribution is -2.23. The number of aromatic nitrogens is 2. The first-order valence-corrected chi connectivity index (χ1v) is 8.38. The Hall–Kier alpha value is -3.08. The summed E-state index contributed by atoms with van der Waals surface area (Å²) in [5, 5.41) is 3.10. The van der Waals surface area contributed by atoms with Crippen LogP contribution in [-0.4, -0.2) is 22.1 Å². The molecule has 1 aromatic heterocycles. The quantitative estimate of drug-likeness (QED) is 0.538. The van der Waals surface area contributed by atoms with Crippen molar-refractivity contribution in [1.29, 1.82) is 0 Å². The molecule has 5 nitrogen and oxygen atoms in total. The second-order valence-electron chi connectivity index (χ2n) is 5.96. The van der Waals surface area contributed by atoms with Gasteiger partial charge in [-0.25, -0.2) is 4.98 Å². The molecule has 1 heterocycles. The number of imidazole rings is 1. The molecule has 0 atom stereocenters. The Morgan fingerprint density at radius 2 is 1.88 bits per heavy atom. The fraction of sp³-hybridized carbons (Fsp3) is 0.200. The largest absolute Gasteiger partial charge is 0.370 e. The first-order valence-electron chi connectivity index (χ1n) is 8.38. The van der Waals surface area contributed by atoms with Gasteiger partial charge in [0.05, 0.1) is 0 Å². The molecule has 0 aliphatic heterocycles. The van der Waals surface area contributed by atoms with Gasteiger partial charge >= 0.3 is 0 Å². The van der Waals surface area contributed by atoms with Crippen LogP contribution in [0.1, 0.15) is 17.0 Å². The second-order valence-corrected chi connectivity index (χ2v) is 5.96. The van der Waals surface area contributed by atoms with Crippen molar-refractivity contribution in [1.82, 2.24) is 9.55 Å². The molecule has 0 aliphatic carbocycles. The third kappa shape index (κ3) is 4.94. The van der Waals surface area contributed by atoms with E-state index in [-0.39, 0.29) is 0 Å². The standard InChI is InChI=1S/C20H23N5/c1-16-7-9-18(10-8-16)24-20(21)23-12-11-19-22-13-14-25(19)15-17-5-3-2-4-6-17/h2-10,13-14H,11-12,15H2,1H3,(H3,21,23,24). The summed E-state index contributed by atoms with van der Waals surface area (Å²) in [4.78, 5) is 8.83. The van der Waals surface area contributed by atoms with Crippen molar-refractivity contribution >= 4 is 11.6 Å². The van der Waals surface area contributed by atoms with E-state index in [1.807, 2.05) is 54.9 Å². The summed E-state index contributed by atoms with van der Waals surface area (Å²) >= 11 is 0. The summed E-state index contributed by atoms with van der Waals surface area (Å²) in [6.07, 6.45) is 4.58. The molecule has 5 heteroatoms. The number of benzene rings is 2. The number of aliphatic imine (C=N–C) groups is 1. The molecular formula is C20H23N5. The lowest BCUT2D eigenvalue weighted by Gasteiger charge is -2.08. The lowest BCUT2D eigenvalue weighted by atomic mass is 10.2. The van der Waals surface area contributed by atoms with Gasteiger partial charge in [0.15, 0.2) is 5.96 Å². The van der Waals surface area contributed by atoms with Crippen LogP contribution >= 0.6 is 0 Å². The Kier molecular flexibility index (Phi) is 5.46. The van der Waals surface area contributed by atoms with Gasteiger partial charge in [0, 0.05) is 37.6 Å². The fourth-order valence-corrected chi connectivity index (χ4v) is 2.59. The number of hydrogen-bond donors (Lipinski definition) is 2. The molecule has 0 amide bonds. The number of anilines is 1. The number of hydrogen-bond acceptors (Lipinski definition) is 2. The summed E-state index contributed by atoms with van der Waals surface area (Å²) in [5.74, 6) is 1.43. The minimum atomic E-state index is 0.421. The SMILES string of the molecule is Cc1ccc(NC(N)=NCCc2nccn2Cc2ccccc2)cc1.